The molecule has 0 amide bonds. The molecule has 1 atom stereocenters. The molecule has 1 aliphatic heterocycles. The molecule has 0 saturated carbocycles. The van der Waals surface area contributed by atoms with E-state index >= 15 is 0 Å². The molecule has 1 unspecified atom stereocenters. The molecule has 0 N–H and O–H groups in total. The fourth-order valence-electron chi connectivity index (χ4n) is 3.79. The Hall–Kier alpha value is -2.11. The summed E-state index contributed by atoms with van der Waals surface area (Å²) in [7, 11) is 1.75. The Balaban J connectivity index is 1.49. The third-order valence-electron chi connectivity index (χ3n) is 5.16. The Kier molecular flexibility index (Phi) is 5.09. The lowest BCUT2D eigenvalue weighted by Gasteiger charge is -2.39. The minimum atomic E-state index is 0.409. The largest absolute Gasteiger partial charge is 0.495 e. The molecule has 1 aromatic heterocycles. The van der Waals surface area contributed by atoms with Crippen LogP contribution >= 0.6 is 11.3 Å². The summed E-state index contributed by atoms with van der Waals surface area (Å²) in [5.41, 5.74) is 2.32. The molecule has 3 aromatic rings. The van der Waals surface area contributed by atoms with Gasteiger partial charge in [0.05, 0.1) is 29.1 Å². The van der Waals surface area contributed by atoms with Gasteiger partial charge in [-0.1, -0.05) is 31.2 Å². The molecule has 0 aliphatic carbocycles. The van der Waals surface area contributed by atoms with Crippen LogP contribution in [0.25, 0.3) is 10.2 Å². The minimum Gasteiger partial charge on any atom is -0.495 e. The molecule has 2 heterocycles. The highest BCUT2D eigenvalue weighted by atomic mass is 32.1. The third-order valence-corrected chi connectivity index (χ3v) is 6.30. The Bertz CT molecular complexity index is 837. The van der Waals surface area contributed by atoms with Gasteiger partial charge in [0.15, 0.2) is 0 Å². The maximum Gasteiger partial charge on any atom is 0.142 e. The number of aromatic nitrogens is 1. The summed E-state index contributed by atoms with van der Waals surface area (Å²) < 4.78 is 6.82. The molecule has 4 nitrogen and oxygen atoms in total. The van der Waals surface area contributed by atoms with Gasteiger partial charge in [-0.15, -0.1) is 11.3 Å². The van der Waals surface area contributed by atoms with Crippen LogP contribution in [-0.2, 0) is 0 Å². The van der Waals surface area contributed by atoms with Gasteiger partial charge in [-0.25, -0.2) is 4.98 Å². The van der Waals surface area contributed by atoms with E-state index in [9.17, 15) is 0 Å². The van der Waals surface area contributed by atoms with Crippen molar-refractivity contribution in [3.8, 4) is 5.75 Å². The standard InChI is InChI=1S/C21H25N3OS/c1-3-17(21-22-16-8-4-7-11-20(16)26-21)23-12-14-24(15-13-23)18-9-5-6-10-19(18)25-2/h4-11,17H,3,12-15H2,1-2H3. The number of ether oxygens (including phenoxy) is 1. The number of benzene rings is 2. The fraction of sp³-hybridized carbons (Fsp3) is 0.381. The second-order valence-electron chi connectivity index (χ2n) is 6.64. The zero-order chi connectivity index (χ0) is 17.9. The van der Waals surface area contributed by atoms with Crippen molar-refractivity contribution in [2.45, 2.75) is 19.4 Å². The number of rotatable bonds is 5. The Morgan fingerprint density at radius 2 is 1.77 bits per heavy atom. The van der Waals surface area contributed by atoms with Gasteiger partial charge in [-0.05, 0) is 30.7 Å². The number of para-hydroxylation sites is 3. The molecule has 2 aromatic carbocycles. The van der Waals surface area contributed by atoms with E-state index in [2.05, 4.69) is 53.1 Å². The van der Waals surface area contributed by atoms with E-state index in [-0.39, 0.29) is 0 Å². The van der Waals surface area contributed by atoms with Crippen molar-refractivity contribution in [2.75, 3.05) is 38.2 Å². The zero-order valence-electron chi connectivity index (χ0n) is 15.4. The molecule has 1 fully saturated rings. The van der Waals surface area contributed by atoms with Crippen LogP contribution in [0.4, 0.5) is 5.69 Å². The van der Waals surface area contributed by atoms with E-state index < -0.39 is 0 Å². The Labute approximate surface area is 159 Å². The van der Waals surface area contributed by atoms with Gasteiger partial charge in [-0.2, -0.15) is 0 Å². The molecule has 0 radical (unpaired) electrons. The smallest absolute Gasteiger partial charge is 0.142 e. The van der Waals surface area contributed by atoms with Crippen LogP contribution in [0.1, 0.15) is 24.4 Å². The average Bonchev–Trinajstić information content (AvgIpc) is 3.13. The first-order valence-electron chi connectivity index (χ1n) is 9.27. The highest BCUT2D eigenvalue weighted by Crippen LogP contribution is 2.34. The first-order valence-corrected chi connectivity index (χ1v) is 10.1. The van der Waals surface area contributed by atoms with Crippen molar-refractivity contribution in [2.24, 2.45) is 0 Å². The van der Waals surface area contributed by atoms with Crippen molar-refractivity contribution in [3.05, 3.63) is 53.5 Å². The maximum absolute atomic E-state index is 5.53. The van der Waals surface area contributed by atoms with Gasteiger partial charge in [0.25, 0.3) is 0 Å². The van der Waals surface area contributed by atoms with Gasteiger partial charge in [0.2, 0.25) is 0 Å². The van der Waals surface area contributed by atoms with E-state index in [1.807, 2.05) is 23.5 Å². The topological polar surface area (TPSA) is 28.6 Å². The van der Waals surface area contributed by atoms with Gasteiger partial charge >= 0.3 is 0 Å². The van der Waals surface area contributed by atoms with Crippen molar-refractivity contribution in [1.29, 1.82) is 0 Å². The van der Waals surface area contributed by atoms with E-state index in [1.165, 1.54) is 15.4 Å². The van der Waals surface area contributed by atoms with E-state index in [0.29, 0.717) is 6.04 Å². The summed E-state index contributed by atoms with van der Waals surface area (Å²) in [5, 5.41) is 1.25. The lowest BCUT2D eigenvalue weighted by Crippen LogP contribution is -2.47. The average molecular weight is 368 g/mol. The number of piperazine rings is 1. The predicted octanol–water partition coefficient (Wildman–Crippen LogP) is 4.58. The van der Waals surface area contributed by atoms with Gasteiger partial charge in [-0.3, -0.25) is 4.90 Å². The summed E-state index contributed by atoms with van der Waals surface area (Å²) in [6.45, 7) is 6.39. The molecule has 4 rings (SSSR count). The summed E-state index contributed by atoms with van der Waals surface area (Å²) in [5.74, 6) is 0.958. The molecule has 26 heavy (non-hydrogen) atoms. The lowest BCUT2D eigenvalue weighted by atomic mass is 10.1. The Morgan fingerprint density at radius 3 is 2.50 bits per heavy atom. The van der Waals surface area contributed by atoms with Crippen LogP contribution < -0.4 is 9.64 Å². The molecule has 1 saturated heterocycles. The van der Waals surface area contributed by atoms with Crippen LogP contribution in [0.5, 0.6) is 5.75 Å². The molecule has 5 heteroatoms. The van der Waals surface area contributed by atoms with Gasteiger partial charge < -0.3 is 9.64 Å². The molecule has 136 valence electrons. The van der Waals surface area contributed by atoms with Crippen molar-refractivity contribution < 1.29 is 4.74 Å². The second kappa shape index (κ2) is 7.64. The highest BCUT2D eigenvalue weighted by Gasteiger charge is 2.27. The van der Waals surface area contributed by atoms with Crippen LogP contribution in [0.3, 0.4) is 0 Å². The first kappa shape index (κ1) is 17.3. The minimum absolute atomic E-state index is 0.409. The number of hydrogen-bond donors (Lipinski definition) is 0. The van der Waals surface area contributed by atoms with E-state index in [1.54, 1.807) is 7.11 Å². The van der Waals surface area contributed by atoms with Crippen molar-refractivity contribution >= 4 is 27.2 Å². The van der Waals surface area contributed by atoms with Crippen molar-refractivity contribution in [1.82, 2.24) is 9.88 Å². The van der Waals surface area contributed by atoms with Crippen molar-refractivity contribution in [3.63, 3.8) is 0 Å². The molecular weight excluding hydrogens is 342 g/mol. The molecule has 0 bridgehead atoms. The first-order chi connectivity index (χ1) is 12.8. The van der Waals surface area contributed by atoms with Gasteiger partial charge in [0, 0.05) is 26.2 Å². The highest BCUT2D eigenvalue weighted by molar-refractivity contribution is 7.18. The third kappa shape index (κ3) is 3.29. The quantitative estimate of drug-likeness (QED) is 0.660. The Morgan fingerprint density at radius 1 is 1.04 bits per heavy atom. The zero-order valence-corrected chi connectivity index (χ0v) is 16.2. The van der Waals surface area contributed by atoms with Crippen LogP contribution in [-0.4, -0.2) is 43.2 Å². The number of fused-ring (bicyclic) bond motifs is 1. The number of nitrogens with zero attached hydrogens (tertiary/aromatic N) is 3. The monoisotopic (exact) mass is 367 g/mol. The summed E-state index contributed by atoms with van der Waals surface area (Å²) in [6.07, 6.45) is 1.09. The molecule has 0 spiro atoms. The van der Waals surface area contributed by atoms with Crippen LogP contribution in [0.2, 0.25) is 0 Å². The maximum atomic E-state index is 5.53. The predicted molar refractivity (Wildman–Crippen MR) is 109 cm³/mol. The van der Waals surface area contributed by atoms with Crippen LogP contribution in [0, 0.1) is 0 Å². The lowest BCUT2D eigenvalue weighted by molar-refractivity contribution is 0.180. The molecule has 1 aliphatic rings. The number of hydrogen-bond acceptors (Lipinski definition) is 5. The number of anilines is 1. The SMILES string of the molecule is CCC(c1nc2ccccc2s1)N1CCN(c2ccccc2OC)CC1. The summed E-state index contributed by atoms with van der Waals surface area (Å²) >= 11 is 1.84. The normalized spacial score (nSPS) is 16.8. The van der Waals surface area contributed by atoms with Crippen LogP contribution in [0.15, 0.2) is 48.5 Å². The van der Waals surface area contributed by atoms with Gasteiger partial charge in [0.1, 0.15) is 10.8 Å². The number of thiazole rings is 1. The second-order valence-corrected chi connectivity index (χ2v) is 7.70. The number of methoxy groups -OCH3 is 1. The van der Waals surface area contributed by atoms with E-state index in [4.69, 9.17) is 9.72 Å². The summed E-state index contributed by atoms with van der Waals surface area (Å²) in [6, 6.07) is 17.2. The summed E-state index contributed by atoms with van der Waals surface area (Å²) in [4.78, 5) is 9.92. The van der Waals surface area contributed by atoms with E-state index in [0.717, 1.165) is 43.9 Å². The molecular formula is C21H25N3OS. The fourth-order valence-corrected chi connectivity index (χ4v) is 4.97.